The van der Waals surface area contributed by atoms with Crippen molar-refractivity contribution in [2.24, 2.45) is 0 Å². The molecule has 1 aromatic rings. The van der Waals surface area contributed by atoms with E-state index in [2.05, 4.69) is 12.6 Å². The minimum atomic E-state index is -1.16. The Hall–Kier alpha value is -1.49. The van der Waals surface area contributed by atoms with E-state index in [4.69, 9.17) is 9.84 Å². The lowest BCUT2D eigenvalue weighted by Crippen LogP contribution is -2.14. The zero-order valence-electron chi connectivity index (χ0n) is 8.01. The summed E-state index contributed by atoms with van der Waals surface area (Å²) in [6, 6.07) is 5.88. The molecule has 0 aromatic heterocycles. The van der Waals surface area contributed by atoms with Gasteiger partial charge in [-0.15, -0.1) is 12.6 Å². The van der Waals surface area contributed by atoms with E-state index in [0.717, 1.165) is 0 Å². The van der Waals surface area contributed by atoms with E-state index in [1.807, 2.05) is 0 Å². The van der Waals surface area contributed by atoms with Gasteiger partial charge in [0.15, 0.2) is 0 Å². The second-order valence-corrected chi connectivity index (χ2v) is 3.58. The molecule has 80 valence electrons. The summed E-state index contributed by atoms with van der Waals surface area (Å²) in [4.78, 5) is 22.2. The predicted octanol–water partition coefficient (Wildman–Crippen LogP) is 1.82. The van der Waals surface area contributed by atoms with Crippen LogP contribution >= 0.6 is 12.6 Å². The summed E-state index contributed by atoms with van der Waals surface area (Å²) in [5.41, 5.74) is -0.610. The fourth-order valence-electron chi connectivity index (χ4n) is 1.07. The van der Waals surface area contributed by atoms with Gasteiger partial charge in [-0.3, -0.25) is 0 Å². The van der Waals surface area contributed by atoms with Crippen LogP contribution in [-0.4, -0.2) is 22.5 Å². The van der Waals surface area contributed by atoms with Gasteiger partial charge in [0.05, 0.1) is 11.1 Å². The Morgan fingerprint density at radius 2 is 1.87 bits per heavy atom. The highest BCUT2D eigenvalue weighted by atomic mass is 32.1. The molecule has 4 nitrogen and oxygen atoms in total. The average Bonchev–Trinajstić information content (AvgIpc) is 2.16. The number of carbonyl (C=O) groups is 2. The van der Waals surface area contributed by atoms with E-state index in [1.165, 1.54) is 12.1 Å². The van der Waals surface area contributed by atoms with Crippen LogP contribution in [0.25, 0.3) is 0 Å². The van der Waals surface area contributed by atoms with Crippen molar-refractivity contribution >= 4 is 24.6 Å². The van der Waals surface area contributed by atoms with Crippen molar-refractivity contribution in [2.45, 2.75) is 12.4 Å². The Kier molecular flexibility index (Phi) is 3.74. The van der Waals surface area contributed by atoms with Crippen molar-refractivity contribution in [3.8, 4) is 0 Å². The molecule has 1 unspecified atom stereocenters. The molecule has 1 aromatic carbocycles. The smallest absolute Gasteiger partial charge is 0.340 e. The van der Waals surface area contributed by atoms with Gasteiger partial charge in [0.2, 0.25) is 0 Å². The van der Waals surface area contributed by atoms with Gasteiger partial charge >= 0.3 is 11.9 Å². The van der Waals surface area contributed by atoms with Gasteiger partial charge in [-0.25, -0.2) is 9.59 Å². The van der Waals surface area contributed by atoms with Crippen molar-refractivity contribution in [3.63, 3.8) is 0 Å². The third kappa shape index (κ3) is 2.99. The number of hydrogen-bond acceptors (Lipinski definition) is 4. The summed E-state index contributed by atoms with van der Waals surface area (Å²) < 4.78 is 4.79. The van der Waals surface area contributed by atoms with Gasteiger partial charge in [0.1, 0.15) is 5.44 Å². The zero-order chi connectivity index (χ0) is 11.4. The number of esters is 1. The molecule has 0 aliphatic heterocycles. The minimum Gasteiger partial charge on any atom is -0.478 e. The molecule has 0 amide bonds. The molecular weight excluding hydrogens is 216 g/mol. The summed E-state index contributed by atoms with van der Waals surface area (Å²) in [5, 5.41) is 8.82. The van der Waals surface area contributed by atoms with Crippen LogP contribution in [0.5, 0.6) is 0 Å². The van der Waals surface area contributed by atoms with Crippen LogP contribution < -0.4 is 0 Å². The van der Waals surface area contributed by atoms with Crippen LogP contribution in [0, 0.1) is 0 Å². The average molecular weight is 226 g/mol. The Balaban J connectivity index is 3.03. The van der Waals surface area contributed by atoms with E-state index in [-0.39, 0.29) is 11.1 Å². The van der Waals surface area contributed by atoms with Gasteiger partial charge in [0.25, 0.3) is 0 Å². The van der Waals surface area contributed by atoms with E-state index in [9.17, 15) is 9.59 Å². The summed E-state index contributed by atoms with van der Waals surface area (Å²) in [7, 11) is 0. The van der Waals surface area contributed by atoms with Crippen LogP contribution in [0.1, 0.15) is 27.6 Å². The van der Waals surface area contributed by atoms with Gasteiger partial charge in [-0.05, 0) is 19.1 Å². The van der Waals surface area contributed by atoms with Crippen molar-refractivity contribution in [1.82, 2.24) is 0 Å². The molecule has 1 atom stereocenters. The first-order valence-corrected chi connectivity index (χ1v) is 4.75. The van der Waals surface area contributed by atoms with Crippen molar-refractivity contribution in [2.75, 3.05) is 0 Å². The number of hydrogen-bond donors (Lipinski definition) is 2. The third-order valence-electron chi connectivity index (χ3n) is 1.65. The van der Waals surface area contributed by atoms with Crippen molar-refractivity contribution < 1.29 is 19.4 Å². The monoisotopic (exact) mass is 226 g/mol. The number of carboxylic acids is 1. The van der Waals surface area contributed by atoms with Crippen molar-refractivity contribution in [1.29, 1.82) is 0 Å². The number of thiol groups is 1. The summed E-state index contributed by atoms with van der Waals surface area (Å²) in [6.45, 7) is 1.57. The second kappa shape index (κ2) is 4.84. The fraction of sp³-hybridized carbons (Fsp3) is 0.200. The lowest BCUT2D eigenvalue weighted by molar-refractivity contribution is 0.0474. The molecule has 0 bridgehead atoms. The first kappa shape index (κ1) is 11.6. The highest BCUT2D eigenvalue weighted by molar-refractivity contribution is 7.80. The largest absolute Gasteiger partial charge is 0.478 e. The van der Waals surface area contributed by atoms with E-state index in [1.54, 1.807) is 19.1 Å². The van der Waals surface area contributed by atoms with Crippen LogP contribution in [0.3, 0.4) is 0 Å². The van der Waals surface area contributed by atoms with Gasteiger partial charge in [-0.1, -0.05) is 12.1 Å². The Morgan fingerprint density at radius 3 is 2.33 bits per heavy atom. The molecule has 1 rings (SSSR count). The molecule has 0 radical (unpaired) electrons. The molecule has 1 N–H and O–H groups in total. The van der Waals surface area contributed by atoms with Crippen LogP contribution in [0.4, 0.5) is 0 Å². The maximum absolute atomic E-state index is 11.4. The Bertz CT molecular complexity index is 387. The van der Waals surface area contributed by atoms with Gasteiger partial charge in [0, 0.05) is 0 Å². The maximum Gasteiger partial charge on any atom is 0.340 e. The fourth-order valence-corrected chi connectivity index (χ4v) is 1.16. The lowest BCUT2D eigenvalue weighted by atomic mass is 10.1. The summed E-state index contributed by atoms with van der Waals surface area (Å²) in [5.74, 6) is -1.84. The minimum absolute atomic E-state index is 0.0332. The summed E-state index contributed by atoms with van der Waals surface area (Å²) in [6.07, 6.45) is 0. The van der Waals surface area contributed by atoms with E-state index < -0.39 is 17.4 Å². The molecule has 0 aliphatic rings. The number of benzene rings is 1. The predicted molar refractivity (Wildman–Crippen MR) is 57.3 cm³/mol. The normalized spacial score (nSPS) is 11.9. The van der Waals surface area contributed by atoms with E-state index in [0.29, 0.717) is 0 Å². The van der Waals surface area contributed by atoms with Crippen LogP contribution in [0.2, 0.25) is 0 Å². The Labute approximate surface area is 92.3 Å². The second-order valence-electron chi connectivity index (χ2n) is 2.86. The van der Waals surface area contributed by atoms with E-state index >= 15 is 0 Å². The molecular formula is C10H10O4S. The maximum atomic E-state index is 11.4. The highest BCUT2D eigenvalue weighted by Crippen LogP contribution is 2.12. The molecule has 5 heteroatoms. The third-order valence-corrected chi connectivity index (χ3v) is 1.76. The SMILES string of the molecule is CC(S)OC(=O)c1ccccc1C(=O)O. The standard InChI is InChI=1S/C10H10O4S/c1-6(15)14-10(13)8-5-3-2-4-7(8)9(11)12/h2-6,15H,1H3,(H,11,12). The molecule has 0 spiro atoms. The lowest BCUT2D eigenvalue weighted by Gasteiger charge is -2.08. The molecule has 15 heavy (non-hydrogen) atoms. The number of aromatic carboxylic acids is 1. The molecule has 0 saturated heterocycles. The number of carbonyl (C=O) groups excluding carboxylic acids is 1. The number of carboxylic acid groups (broad SMARTS) is 1. The topological polar surface area (TPSA) is 63.6 Å². The zero-order valence-corrected chi connectivity index (χ0v) is 8.90. The molecule has 0 heterocycles. The first-order chi connectivity index (χ1) is 7.02. The Morgan fingerprint density at radius 1 is 1.33 bits per heavy atom. The molecule has 0 fully saturated rings. The van der Waals surface area contributed by atoms with Crippen LogP contribution in [-0.2, 0) is 4.74 Å². The van der Waals surface area contributed by atoms with Gasteiger partial charge in [-0.2, -0.15) is 0 Å². The van der Waals surface area contributed by atoms with Crippen LogP contribution in [0.15, 0.2) is 24.3 Å². The molecule has 0 saturated carbocycles. The highest BCUT2D eigenvalue weighted by Gasteiger charge is 2.17. The number of ether oxygens (including phenoxy) is 1. The first-order valence-electron chi connectivity index (χ1n) is 4.23. The van der Waals surface area contributed by atoms with Gasteiger partial charge < -0.3 is 9.84 Å². The summed E-state index contributed by atoms with van der Waals surface area (Å²) >= 11 is 3.88. The quantitative estimate of drug-likeness (QED) is 0.469. The molecule has 0 aliphatic carbocycles. The van der Waals surface area contributed by atoms with Crippen molar-refractivity contribution in [3.05, 3.63) is 35.4 Å². The number of rotatable bonds is 3.